The fourth-order valence-corrected chi connectivity index (χ4v) is 2.37. The Kier molecular flexibility index (Phi) is 3.67. The van der Waals surface area contributed by atoms with Crippen molar-refractivity contribution in [3.8, 4) is 0 Å². The number of rotatable bonds is 3. The topological polar surface area (TPSA) is 55.1 Å². The standard InChI is InChI=1S/C18H16N2O/c19-12-13-5-3-8-15(11-13)18(21)20-17-10-4-7-14-6-1-2-9-16(14)17/h1-11H,12,19H2,(H,20,21). The molecule has 3 rings (SSSR count). The SMILES string of the molecule is NCc1cccc(C(=O)Nc2cccc3ccccc23)c1. The van der Waals surface area contributed by atoms with Crippen LogP contribution < -0.4 is 11.1 Å². The van der Waals surface area contributed by atoms with E-state index in [-0.39, 0.29) is 5.91 Å². The smallest absolute Gasteiger partial charge is 0.255 e. The van der Waals surface area contributed by atoms with E-state index < -0.39 is 0 Å². The zero-order valence-corrected chi connectivity index (χ0v) is 11.5. The highest BCUT2D eigenvalue weighted by Crippen LogP contribution is 2.23. The molecule has 0 spiro atoms. The Balaban J connectivity index is 1.93. The van der Waals surface area contributed by atoms with Gasteiger partial charge in [-0.1, -0.05) is 48.5 Å². The lowest BCUT2D eigenvalue weighted by molar-refractivity contribution is 0.102. The van der Waals surface area contributed by atoms with Gasteiger partial charge < -0.3 is 11.1 Å². The van der Waals surface area contributed by atoms with Gasteiger partial charge in [0.25, 0.3) is 5.91 Å². The molecule has 0 radical (unpaired) electrons. The third-order valence-corrected chi connectivity index (χ3v) is 3.46. The Morgan fingerprint density at radius 2 is 1.71 bits per heavy atom. The summed E-state index contributed by atoms with van der Waals surface area (Å²) in [6, 6.07) is 21.2. The number of anilines is 1. The van der Waals surface area contributed by atoms with Crippen LogP contribution >= 0.6 is 0 Å². The van der Waals surface area contributed by atoms with E-state index in [1.807, 2.05) is 60.7 Å². The quantitative estimate of drug-likeness (QED) is 0.768. The lowest BCUT2D eigenvalue weighted by Gasteiger charge is -2.09. The molecule has 0 bridgehead atoms. The Labute approximate surface area is 123 Å². The molecule has 3 aromatic carbocycles. The molecule has 0 aliphatic heterocycles. The summed E-state index contributed by atoms with van der Waals surface area (Å²) in [5.41, 5.74) is 7.99. The molecule has 0 aromatic heterocycles. The lowest BCUT2D eigenvalue weighted by Crippen LogP contribution is -2.12. The van der Waals surface area contributed by atoms with Crippen molar-refractivity contribution < 1.29 is 4.79 Å². The molecule has 0 unspecified atom stereocenters. The number of nitrogens with one attached hydrogen (secondary N) is 1. The van der Waals surface area contributed by atoms with Crippen molar-refractivity contribution in [2.75, 3.05) is 5.32 Å². The second kappa shape index (κ2) is 5.77. The zero-order chi connectivity index (χ0) is 14.7. The Morgan fingerprint density at radius 3 is 2.57 bits per heavy atom. The van der Waals surface area contributed by atoms with Gasteiger partial charge in [0.1, 0.15) is 0 Å². The van der Waals surface area contributed by atoms with Crippen LogP contribution in [0, 0.1) is 0 Å². The first-order valence-electron chi connectivity index (χ1n) is 6.86. The molecule has 0 saturated heterocycles. The van der Waals surface area contributed by atoms with Crippen molar-refractivity contribution in [3.05, 3.63) is 77.9 Å². The first-order chi connectivity index (χ1) is 10.3. The number of hydrogen-bond acceptors (Lipinski definition) is 2. The summed E-state index contributed by atoms with van der Waals surface area (Å²) in [5, 5.41) is 5.11. The summed E-state index contributed by atoms with van der Waals surface area (Å²) in [4.78, 5) is 12.4. The molecular weight excluding hydrogens is 260 g/mol. The van der Waals surface area contributed by atoms with Crippen LogP contribution in [0.15, 0.2) is 66.7 Å². The maximum atomic E-state index is 12.4. The summed E-state index contributed by atoms with van der Waals surface area (Å²) in [7, 11) is 0. The molecule has 104 valence electrons. The summed E-state index contributed by atoms with van der Waals surface area (Å²) in [5.74, 6) is -0.123. The monoisotopic (exact) mass is 276 g/mol. The van der Waals surface area contributed by atoms with Crippen molar-refractivity contribution in [2.24, 2.45) is 5.73 Å². The van der Waals surface area contributed by atoms with Gasteiger partial charge in [-0.3, -0.25) is 4.79 Å². The molecule has 3 aromatic rings. The van der Waals surface area contributed by atoms with Crippen LogP contribution in [0.2, 0.25) is 0 Å². The third-order valence-electron chi connectivity index (χ3n) is 3.46. The van der Waals surface area contributed by atoms with Gasteiger partial charge in [-0.05, 0) is 29.1 Å². The molecule has 3 N–H and O–H groups in total. The van der Waals surface area contributed by atoms with E-state index in [4.69, 9.17) is 5.73 Å². The maximum Gasteiger partial charge on any atom is 0.255 e. The van der Waals surface area contributed by atoms with Gasteiger partial charge in [-0.15, -0.1) is 0 Å². The molecule has 21 heavy (non-hydrogen) atoms. The Bertz CT molecular complexity index is 791. The zero-order valence-electron chi connectivity index (χ0n) is 11.5. The number of hydrogen-bond donors (Lipinski definition) is 2. The third kappa shape index (κ3) is 2.78. The normalized spacial score (nSPS) is 10.5. The molecule has 0 heterocycles. The number of amides is 1. The van der Waals surface area contributed by atoms with Crippen LogP contribution in [0.4, 0.5) is 5.69 Å². The molecule has 3 nitrogen and oxygen atoms in total. The van der Waals surface area contributed by atoms with Gasteiger partial charge in [0, 0.05) is 23.2 Å². The molecule has 0 aliphatic rings. The van der Waals surface area contributed by atoms with Crippen LogP contribution in [-0.4, -0.2) is 5.91 Å². The van der Waals surface area contributed by atoms with Crippen LogP contribution in [0.25, 0.3) is 10.8 Å². The Morgan fingerprint density at radius 1 is 0.952 bits per heavy atom. The van der Waals surface area contributed by atoms with E-state index >= 15 is 0 Å². The summed E-state index contributed by atoms with van der Waals surface area (Å²) in [6.07, 6.45) is 0. The van der Waals surface area contributed by atoms with E-state index in [0.29, 0.717) is 12.1 Å². The van der Waals surface area contributed by atoms with E-state index in [2.05, 4.69) is 5.32 Å². The second-order valence-electron chi connectivity index (χ2n) is 4.89. The Hall–Kier alpha value is -2.65. The number of benzene rings is 3. The average molecular weight is 276 g/mol. The van der Waals surface area contributed by atoms with Crippen LogP contribution in [0.5, 0.6) is 0 Å². The van der Waals surface area contributed by atoms with Crippen molar-refractivity contribution in [1.82, 2.24) is 0 Å². The highest BCUT2D eigenvalue weighted by atomic mass is 16.1. The van der Waals surface area contributed by atoms with Crippen LogP contribution in [-0.2, 0) is 6.54 Å². The largest absolute Gasteiger partial charge is 0.326 e. The second-order valence-corrected chi connectivity index (χ2v) is 4.89. The lowest BCUT2D eigenvalue weighted by atomic mass is 10.1. The number of carbonyl (C=O) groups excluding carboxylic acids is 1. The fraction of sp³-hybridized carbons (Fsp3) is 0.0556. The van der Waals surface area contributed by atoms with Gasteiger partial charge in [0.2, 0.25) is 0 Å². The van der Waals surface area contributed by atoms with Gasteiger partial charge in [0.15, 0.2) is 0 Å². The minimum Gasteiger partial charge on any atom is -0.326 e. The predicted octanol–water partition coefficient (Wildman–Crippen LogP) is 3.55. The van der Waals surface area contributed by atoms with Crippen LogP contribution in [0.1, 0.15) is 15.9 Å². The first kappa shape index (κ1) is 13.3. The number of carbonyl (C=O) groups is 1. The number of nitrogens with two attached hydrogens (primary N) is 1. The maximum absolute atomic E-state index is 12.4. The molecular formula is C18H16N2O. The molecule has 0 fully saturated rings. The fourth-order valence-electron chi connectivity index (χ4n) is 2.37. The van der Waals surface area contributed by atoms with E-state index in [0.717, 1.165) is 22.0 Å². The summed E-state index contributed by atoms with van der Waals surface area (Å²) < 4.78 is 0. The molecule has 0 saturated carbocycles. The minimum atomic E-state index is -0.123. The molecule has 1 amide bonds. The molecule has 0 aliphatic carbocycles. The highest BCUT2D eigenvalue weighted by Gasteiger charge is 2.08. The van der Waals surface area contributed by atoms with Crippen molar-refractivity contribution in [1.29, 1.82) is 0 Å². The van der Waals surface area contributed by atoms with Gasteiger partial charge in [-0.25, -0.2) is 0 Å². The van der Waals surface area contributed by atoms with E-state index in [1.54, 1.807) is 6.07 Å². The summed E-state index contributed by atoms with van der Waals surface area (Å²) in [6.45, 7) is 0.426. The first-order valence-corrected chi connectivity index (χ1v) is 6.86. The predicted molar refractivity (Wildman–Crippen MR) is 86.2 cm³/mol. The summed E-state index contributed by atoms with van der Waals surface area (Å²) >= 11 is 0. The van der Waals surface area contributed by atoms with Crippen molar-refractivity contribution >= 4 is 22.4 Å². The van der Waals surface area contributed by atoms with Gasteiger partial charge >= 0.3 is 0 Å². The van der Waals surface area contributed by atoms with E-state index in [9.17, 15) is 4.79 Å². The number of fused-ring (bicyclic) bond motifs is 1. The molecule has 3 heteroatoms. The minimum absolute atomic E-state index is 0.123. The average Bonchev–Trinajstić information content (AvgIpc) is 2.55. The van der Waals surface area contributed by atoms with Crippen molar-refractivity contribution in [2.45, 2.75) is 6.54 Å². The van der Waals surface area contributed by atoms with Gasteiger partial charge in [-0.2, -0.15) is 0 Å². The van der Waals surface area contributed by atoms with Crippen LogP contribution in [0.3, 0.4) is 0 Å². The highest BCUT2D eigenvalue weighted by molar-refractivity contribution is 6.09. The van der Waals surface area contributed by atoms with Crippen molar-refractivity contribution in [3.63, 3.8) is 0 Å². The van der Waals surface area contributed by atoms with Gasteiger partial charge in [0.05, 0.1) is 0 Å². The molecule has 0 atom stereocenters. The van der Waals surface area contributed by atoms with E-state index in [1.165, 1.54) is 0 Å².